The van der Waals surface area contributed by atoms with Gasteiger partial charge in [0.25, 0.3) is 0 Å². The van der Waals surface area contributed by atoms with Gasteiger partial charge in [-0.05, 0) is 32.1 Å². The fraction of sp³-hybridized carbons (Fsp3) is 0.786. The molecule has 6 heteroatoms. The number of rotatable bonds is 3. The fourth-order valence-corrected chi connectivity index (χ4v) is 3.23. The molecule has 110 valence electrons. The molecule has 1 aliphatic heterocycles. The Balaban J connectivity index is 1.52. The van der Waals surface area contributed by atoms with Crippen molar-refractivity contribution in [3.63, 3.8) is 0 Å². The number of hydrogen-bond donors (Lipinski definition) is 2. The zero-order chi connectivity index (χ0) is 13.9. The van der Waals surface area contributed by atoms with Crippen molar-refractivity contribution in [1.82, 2.24) is 20.1 Å². The molecule has 1 aromatic heterocycles. The molecule has 20 heavy (non-hydrogen) atoms. The van der Waals surface area contributed by atoms with Crippen molar-refractivity contribution in [2.45, 2.75) is 58.0 Å². The molecule has 1 aromatic rings. The van der Waals surface area contributed by atoms with Crippen LogP contribution in [-0.4, -0.2) is 33.3 Å². The third-order valence-corrected chi connectivity index (χ3v) is 4.46. The molecule has 1 aliphatic carbocycles. The standard InChI is InChI=1S/C14H24N6/c1-10-18-19-13-7-6-11(9-20(10)13)8-16-14(15)17-12-4-2-3-5-12/h11-12H,2-9H2,1H3,(H3,15,16,17). The number of aromatic nitrogens is 3. The van der Waals surface area contributed by atoms with Crippen molar-refractivity contribution in [2.75, 3.05) is 6.54 Å². The van der Waals surface area contributed by atoms with Crippen LogP contribution in [0.4, 0.5) is 0 Å². The lowest BCUT2D eigenvalue weighted by atomic mass is 9.99. The molecule has 1 unspecified atom stereocenters. The molecule has 1 fully saturated rings. The molecule has 2 heterocycles. The first kappa shape index (κ1) is 13.4. The molecule has 1 saturated carbocycles. The van der Waals surface area contributed by atoms with E-state index in [1.54, 1.807) is 0 Å². The van der Waals surface area contributed by atoms with E-state index >= 15 is 0 Å². The summed E-state index contributed by atoms with van der Waals surface area (Å²) in [6.45, 7) is 3.77. The van der Waals surface area contributed by atoms with E-state index in [-0.39, 0.29) is 0 Å². The summed E-state index contributed by atoms with van der Waals surface area (Å²) in [5.41, 5.74) is 5.98. The quantitative estimate of drug-likeness (QED) is 0.637. The maximum absolute atomic E-state index is 5.98. The Morgan fingerprint density at radius 1 is 1.35 bits per heavy atom. The van der Waals surface area contributed by atoms with E-state index in [0.29, 0.717) is 17.9 Å². The molecule has 2 aliphatic rings. The van der Waals surface area contributed by atoms with Gasteiger partial charge in [0, 0.05) is 25.6 Å². The van der Waals surface area contributed by atoms with E-state index in [1.165, 1.54) is 25.7 Å². The monoisotopic (exact) mass is 276 g/mol. The van der Waals surface area contributed by atoms with E-state index in [0.717, 1.165) is 37.6 Å². The Kier molecular flexibility index (Phi) is 3.89. The van der Waals surface area contributed by atoms with Gasteiger partial charge in [0.15, 0.2) is 5.96 Å². The van der Waals surface area contributed by atoms with Crippen LogP contribution in [0.3, 0.4) is 0 Å². The van der Waals surface area contributed by atoms with Gasteiger partial charge >= 0.3 is 0 Å². The summed E-state index contributed by atoms with van der Waals surface area (Å²) in [5, 5.41) is 11.7. The summed E-state index contributed by atoms with van der Waals surface area (Å²) >= 11 is 0. The van der Waals surface area contributed by atoms with Crippen molar-refractivity contribution in [3.05, 3.63) is 11.6 Å². The number of nitrogens with one attached hydrogen (secondary N) is 1. The maximum Gasteiger partial charge on any atom is 0.188 e. The van der Waals surface area contributed by atoms with Gasteiger partial charge in [0.1, 0.15) is 11.6 Å². The highest BCUT2D eigenvalue weighted by Gasteiger charge is 2.21. The average molecular weight is 276 g/mol. The minimum Gasteiger partial charge on any atom is -0.370 e. The van der Waals surface area contributed by atoms with E-state index in [4.69, 9.17) is 5.73 Å². The molecule has 0 saturated heterocycles. The van der Waals surface area contributed by atoms with Crippen molar-refractivity contribution in [1.29, 1.82) is 0 Å². The fourth-order valence-electron chi connectivity index (χ4n) is 3.23. The molecule has 0 bridgehead atoms. The van der Waals surface area contributed by atoms with E-state index in [9.17, 15) is 0 Å². The van der Waals surface area contributed by atoms with Crippen LogP contribution in [0.2, 0.25) is 0 Å². The van der Waals surface area contributed by atoms with Crippen molar-refractivity contribution < 1.29 is 0 Å². The molecule has 0 amide bonds. The average Bonchev–Trinajstić information content (AvgIpc) is 3.07. The van der Waals surface area contributed by atoms with Crippen LogP contribution in [0.25, 0.3) is 0 Å². The number of nitrogens with two attached hydrogens (primary N) is 1. The molecular formula is C14H24N6. The number of hydrogen-bond acceptors (Lipinski definition) is 3. The van der Waals surface area contributed by atoms with Gasteiger partial charge in [-0.15, -0.1) is 10.2 Å². The lowest BCUT2D eigenvalue weighted by Gasteiger charge is -2.22. The molecule has 1 atom stereocenters. The normalized spacial score (nSPS) is 23.9. The van der Waals surface area contributed by atoms with Crippen LogP contribution >= 0.6 is 0 Å². The SMILES string of the molecule is Cc1nnc2n1CC(CN=C(N)NC1CCCC1)CC2. The van der Waals surface area contributed by atoms with E-state index < -0.39 is 0 Å². The number of aryl methyl sites for hydroxylation is 2. The second-order valence-corrected chi connectivity index (χ2v) is 6.03. The Hall–Kier alpha value is -1.59. The zero-order valence-electron chi connectivity index (χ0n) is 12.2. The summed E-state index contributed by atoms with van der Waals surface area (Å²) < 4.78 is 2.21. The van der Waals surface area contributed by atoms with Crippen molar-refractivity contribution in [2.24, 2.45) is 16.6 Å². The van der Waals surface area contributed by atoms with Gasteiger partial charge in [-0.2, -0.15) is 0 Å². The van der Waals surface area contributed by atoms with Crippen LogP contribution in [0.15, 0.2) is 4.99 Å². The van der Waals surface area contributed by atoms with Gasteiger partial charge in [0.2, 0.25) is 0 Å². The third kappa shape index (κ3) is 2.94. The summed E-state index contributed by atoms with van der Waals surface area (Å²) in [6, 6.07) is 0.539. The molecule has 3 N–H and O–H groups in total. The first-order valence-electron chi connectivity index (χ1n) is 7.67. The predicted molar refractivity (Wildman–Crippen MR) is 78.5 cm³/mol. The molecule has 0 spiro atoms. The zero-order valence-corrected chi connectivity index (χ0v) is 12.2. The van der Waals surface area contributed by atoms with Gasteiger partial charge in [-0.1, -0.05) is 12.8 Å². The highest BCUT2D eigenvalue weighted by Crippen LogP contribution is 2.20. The largest absolute Gasteiger partial charge is 0.370 e. The van der Waals surface area contributed by atoms with Crippen LogP contribution in [0.1, 0.15) is 43.8 Å². The minimum atomic E-state index is 0.539. The summed E-state index contributed by atoms with van der Waals surface area (Å²) in [6.07, 6.45) is 7.19. The van der Waals surface area contributed by atoms with Crippen LogP contribution < -0.4 is 11.1 Å². The van der Waals surface area contributed by atoms with Crippen molar-refractivity contribution >= 4 is 5.96 Å². The highest BCUT2D eigenvalue weighted by atomic mass is 15.3. The summed E-state index contributed by atoms with van der Waals surface area (Å²) in [5.74, 6) is 3.27. The lowest BCUT2D eigenvalue weighted by molar-refractivity contribution is 0.369. The van der Waals surface area contributed by atoms with Crippen LogP contribution in [0.5, 0.6) is 0 Å². The van der Waals surface area contributed by atoms with Gasteiger partial charge in [-0.3, -0.25) is 4.99 Å². The Morgan fingerprint density at radius 2 is 2.15 bits per heavy atom. The topological polar surface area (TPSA) is 81.1 Å². The summed E-state index contributed by atoms with van der Waals surface area (Å²) in [7, 11) is 0. The van der Waals surface area contributed by atoms with Gasteiger partial charge < -0.3 is 15.6 Å². The number of nitrogens with zero attached hydrogens (tertiary/aromatic N) is 4. The van der Waals surface area contributed by atoms with Crippen molar-refractivity contribution in [3.8, 4) is 0 Å². The van der Waals surface area contributed by atoms with E-state index in [1.807, 2.05) is 6.92 Å². The van der Waals surface area contributed by atoms with Gasteiger partial charge in [0.05, 0.1) is 0 Å². The molecule has 0 radical (unpaired) electrons. The first-order valence-corrected chi connectivity index (χ1v) is 7.67. The Bertz CT molecular complexity index is 486. The minimum absolute atomic E-state index is 0.539. The molecule has 0 aromatic carbocycles. The summed E-state index contributed by atoms with van der Waals surface area (Å²) in [4.78, 5) is 4.53. The Morgan fingerprint density at radius 3 is 2.95 bits per heavy atom. The second kappa shape index (κ2) is 5.81. The third-order valence-electron chi connectivity index (χ3n) is 4.46. The Labute approximate surface area is 119 Å². The van der Waals surface area contributed by atoms with E-state index in [2.05, 4.69) is 25.1 Å². The first-order chi connectivity index (χ1) is 9.72. The van der Waals surface area contributed by atoms with Crippen LogP contribution in [-0.2, 0) is 13.0 Å². The smallest absolute Gasteiger partial charge is 0.188 e. The molecule has 6 nitrogen and oxygen atoms in total. The molecular weight excluding hydrogens is 252 g/mol. The lowest BCUT2D eigenvalue weighted by Crippen LogP contribution is -2.39. The van der Waals surface area contributed by atoms with Gasteiger partial charge in [-0.25, -0.2) is 0 Å². The predicted octanol–water partition coefficient (Wildman–Crippen LogP) is 0.996. The second-order valence-electron chi connectivity index (χ2n) is 6.03. The van der Waals surface area contributed by atoms with Crippen LogP contribution in [0, 0.1) is 12.8 Å². The highest BCUT2D eigenvalue weighted by molar-refractivity contribution is 5.78. The molecule has 3 rings (SSSR count). The number of guanidine groups is 1. The number of fused-ring (bicyclic) bond motifs is 1. The number of aliphatic imine (C=N–C) groups is 1. The maximum atomic E-state index is 5.98.